The van der Waals surface area contributed by atoms with E-state index >= 15 is 0 Å². The minimum absolute atomic E-state index is 0.126. The molecule has 1 rings (SSSR count). The molecule has 1 atom stereocenters. The summed E-state index contributed by atoms with van der Waals surface area (Å²) >= 11 is 0. The molecule has 0 heterocycles. The molecule has 0 aromatic rings. The first-order chi connectivity index (χ1) is 6.08. The maximum Gasteiger partial charge on any atom is 0.315 e. The number of ether oxygens (including phenoxy) is 1. The van der Waals surface area contributed by atoms with Gasteiger partial charge in [-0.2, -0.15) is 0 Å². The largest absolute Gasteiger partial charge is 0.465 e. The van der Waals surface area contributed by atoms with E-state index in [1.165, 1.54) is 0 Å². The van der Waals surface area contributed by atoms with E-state index in [4.69, 9.17) is 4.74 Å². The molecule has 0 aromatic carbocycles. The van der Waals surface area contributed by atoms with Crippen LogP contribution in [0.15, 0.2) is 23.8 Å². The van der Waals surface area contributed by atoms with Gasteiger partial charge in [0, 0.05) is 0 Å². The van der Waals surface area contributed by atoms with Gasteiger partial charge < -0.3 is 4.74 Å². The van der Waals surface area contributed by atoms with Crippen LogP contribution >= 0.6 is 0 Å². The van der Waals surface area contributed by atoms with Crippen LogP contribution in [0.3, 0.4) is 0 Å². The van der Waals surface area contributed by atoms with Crippen LogP contribution in [0.2, 0.25) is 0 Å². The fraction of sp³-hybridized carbons (Fsp3) is 0.545. The average Bonchev–Trinajstić information content (AvgIpc) is 2.04. The number of hydrogen-bond acceptors (Lipinski definition) is 2. The lowest BCUT2D eigenvalue weighted by atomic mass is 9.82. The average molecular weight is 180 g/mol. The first kappa shape index (κ1) is 10.0. The summed E-state index contributed by atoms with van der Waals surface area (Å²) in [5.74, 6) is -0.126. The minimum Gasteiger partial charge on any atom is -0.465 e. The molecule has 0 saturated heterocycles. The topological polar surface area (TPSA) is 26.3 Å². The van der Waals surface area contributed by atoms with Gasteiger partial charge in [-0.25, -0.2) is 0 Å². The predicted molar refractivity (Wildman–Crippen MR) is 52.3 cm³/mol. The summed E-state index contributed by atoms with van der Waals surface area (Å²) in [6.45, 7) is 6.19. The molecule has 0 bridgehead atoms. The van der Waals surface area contributed by atoms with Gasteiger partial charge in [-0.15, -0.1) is 0 Å². The second kappa shape index (κ2) is 3.77. The summed E-state index contributed by atoms with van der Waals surface area (Å²) in [6.07, 6.45) is 6.77. The van der Waals surface area contributed by atoms with Crippen molar-refractivity contribution in [1.82, 2.24) is 0 Å². The molecule has 1 aliphatic rings. The number of carbonyl (C=O) groups excluding carboxylic acids is 1. The highest BCUT2D eigenvalue weighted by Gasteiger charge is 2.32. The van der Waals surface area contributed by atoms with Gasteiger partial charge in [0.25, 0.3) is 0 Å². The van der Waals surface area contributed by atoms with Crippen molar-refractivity contribution < 1.29 is 9.53 Å². The third-order valence-electron chi connectivity index (χ3n) is 2.21. The van der Waals surface area contributed by atoms with Crippen molar-refractivity contribution in [2.45, 2.75) is 27.2 Å². The molecule has 0 N–H and O–H groups in total. The second-order valence-corrected chi connectivity index (χ2v) is 3.63. The van der Waals surface area contributed by atoms with Crippen molar-refractivity contribution in [3.05, 3.63) is 23.8 Å². The van der Waals surface area contributed by atoms with Gasteiger partial charge in [0.15, 0.2) is 0 Å². The van der Waals surface area contributed by atoms with E-state index in [1.54, 1.807) is 0 Å². The zero-order valence-electron chi connectivity index (χ0n) is 8.46. The maximum atomic E-state index is 11.6. The van der Waals surface area contributed by atoms with E-state index in [9.17, 15) is 4.79 Å². The zero-order chi connectivity index (χ0) is 9.90. The highest BCUT2D eigenvalue weighted by atomic mass is 16.5. The van der Waals surface area contributed by atoms with Gasteiger partial charge >= 0.3 is 5.97 Å². The second-order valence-electron chi connectivity index (χ2n) is 3.63. The van der Waals surface area contributed by atoms with E-state index < -0.39 is 5.41 Å². The van der Waals surface area contributed by atoms with Crippen molar-refractivity contribution in [1.29, 1.82) is 0 Å². The first-order valence-corrected chi connectivity index (χ1v) is 4.62. The third-order valence-corrected chi connectivity index (χ3v) is 2.21. The summed E-state index contributed by atoms with van der Waals surface area (Å²) in [4.78, 5) is 11.6. The lowest BCUT2D eigenvalue weighted by molar-refractivity contribution is -0.151. The fourth-order valence-corrected chi connectivity index (χ4v) is 1.54. The van der Waals surface area contributed by atoms with Crippen molar-refractivity contribution in [3.63, 3.8) is 0 Å². The normalized spacial score (nSPS) is 26.8. The van der Waals surface area contributed by atoms with Crippen molar-refractivity contribution >= 4 is 5.97 Å². The number of carbonyl (C=O) groups is 1. The molecule has 1 unspecified atom stereocenters. The molecule has 0 amide bonds. The Bertz CT molecular complexity index is 263. The number of esters is 1. The Morgan fingerprint density at radius 1 is 1.69 bits per heavy atom. The highest BCUT2D eigenvalue weighted by Crippen LogP contribution is 2.30. The Labute approximate surface area is 79.3 Å². The molecule has 0 aliphatic heterocycles. The summed E-state index contributed by atoms with van der Waals surface area (Å²) in [5.41, 5.74) is 0.677. The van der Waals surface area contributed by atoms with Gasteiger partial charge in [-0.3, -0.25) is 4.79 Å². The van der Waals surface area contributed by atoms with Crippen LogP contribution in [0.1, 0.15) is 27.2 Å². The summed E-state index contributed by atoms with van der Waals surface area (Å²) < 4.78 is 5.02. The Kier molecular flexibility index (Phi) is 2.91. The van der Waals surface area contributed by atoms with Gasteiger partial charge in [-0.1, -0.05) is 23.8 Å². The van der Waals surface area contributed by atoms with Gasteiger partial charge in [0.1, 0.15) is 0 Å². The smallest absolute Gasteiger partial charge is 0.315 e. The molecule has 1 aliphatic carbocycles. The van der Waals surface area contributed by atoms with Gasteiger partial charge in [0.05, 0.1) is 12.0 Å². The first-order valence-electron chi connectivity index (χ1n) is 4.62. The number of rotatable bonds is 2. The quantitative estimate of drug-likeness (QED) is 0.610. The molecule has 2 nitrogen and oxygen atoms in total. The molecular formula is C11H16O2. The highest BCUT2D eigenvalue weighted by molar-refractivity contribution is 5.79. The molecule has 13 heavy (non-hydrogen) atoms. The third kappa shape index (κ3) is 2.20. The number of allylic oxidation sites excluding steroid dienone is 3. The van der Waals surface area contributed by atoms with E-state index in [0.29, 0.717) is 6.61 Å². The zero-order valence-corrected chi connectivity index (χ0v) is 8.46. The van der Waals surface area contributed by atoms with Crippen LogP contribution < -0.4 is 0 Å². The number of hydrogen-bond donors (Lipinski definition) is 0. The van der Waals surface area contributed by atoms with E-state index in [0.717, 1.165) is 12.0 Å². The fourth-order valence-electron chi connectivity index (χ4n) is 1.54. The Morgan fingerprint density at radius 2 is 2.38 bits per heavy atom. The van der Waals surface area contributed by atoms with Crippen LogP contribution in [0.4, 0.5) is 0 Å². The molecule has 0 saturated carbocycles. The van der Waals surface area contributed by atoms with Gasteiger partial charge in [-0.05, 0) is 27.2 Å². The molecule has 72 valence electrons. The lowest BCUT2D eigenvalue weighted by Gasteiger charge is -2.25. The van der Waals surface area contributed by atoms with Crippen LogP contribution in [0, 0.1) is 5.41 Å². The van der Waals surface area contributed by atoms with Gasteiger partial charge in [0.2, 0.25) is 0 Å². The van der Waals surface area contributed by atoms with Crippen molar-refractivity contribution in [3.8, 4) is 0 Å². The lowest BCUT2D eigenvalue weighted by Crippen LogP contribution is -2.28. The molecule has 0 aromatic heterocycles. The Morgan fingerprint density at radius 3 is 2.92 bits per heavy atom. The Balaban J connectivity index is 2.77. The SMILES string of the molecule is CCOC(=O)C1(C)C=C(C)C=CC1. The minimum atomic E-state index is -0.450. The van der Waals surface area contributed by atoms with Crippen LogP contribution in [0.25, 0.3) is 0 Å². The summed E-state index contributed by atoms with van der Waals surface area (Å²) in [5, 5.41) is 0. The molecule has 0 fully saturated rings. The predicted octanol–water partition coefficient (Wildman–Crippen LogP) is 2.46. The maximum absolute atomic E-state index is 11.6. The van der Waals surface area contributed by atoms with E-state index in [1.807, 2.05) is 39.0 Å². The van der Waals surface area contributed by atoms with Crippen LogP contribution in [0.5, 0.6) is 0 Å². The summed E-state index contributed by atoms with van der Waals surface area (Å²) in [7, 11) is 0. The Hall–Kier alpha value is -1.05. The van der Waals surface area contributed by atoms with E-state index in [-0.39, 0.29) is 5.97 Å². The van der Waals surface area contributed by atoms with Crippen molar-refractivity contribution in [2.75, 3.05) is 6.61 Å². The standard InChI is InChI=1S/C11H16O2/c1-4-13-10(12)11(3)7-5-6-9(2)8-11/h5-6,8H,4,7H2,1-3H3. The van der Waals surface area contributed by atoms with Crippen LogP contribution in [-0.4, -0.2) is 12.6 Å². The monoisotopic (exact) mass is 180 g/mol. The summed E-state index contributed by atoms with van der Waals surface area (Å²) in [6, 6.07) is 0. The van der Waals surface area contributed by atoms with Crippen LogP contribution in [-0.2, 0) is 9.53 Å². The van der Waals surface area contributed by atoms with Crippen molar-refractivity contribution in [2.24, 2.45) is 5.41 Å². The molecule has 0 spiro atoms. The van der Waals surface area contributed by atoms with E-state index in [2.05, 4.69) is 0 Å². The molecule has 0 radical (unpaired) electrons. The molecular weight excluding hydrogens is 164 g/mol. The molecule has 2 heteroatoms.